The van der Waals surface area contributed by atoms with Gasteiger partial charge in [0.05, 0.1) is 6.61 Å². The average Bonchev–Trinajstić information content (AvgIpc) is 3.37. The number of carbonyl (C=O) groups excluding carboxylic acids is 4. The van der Waals surface area contributed by atoms with Crippen molar-refractivity contribution in [1.29, 1.82) is 0 Å². The van der Waals surface area contributed by atoms with E-state index in [1.165, 1.54) is 6.92 Å². The Labute approximate surface area is 271 Å². The maximum absolute atomic E-state index is 12.2. The second-order valence-electron chi connectivity index (χ2n) is 11.2. The summed E-state index contributed by atoms with van der Waals surface area (Å²) in [5.41, 5.74) is 11.8. The van der Waals surface area contributed by atoms with E-state index in [9.17, 15) is 19.2 Å². The molecule has 16 heteroatoms. The molecule has 1 aromatic carbocycles. The first-order valence-electron chi connectivity index (χ1n) is 15.1. The average molecular weight is 660 g/mol. The van der Waals surface area contributed by atoms with E-state index >= 15 is 0 Å². The zero-order valence-corrected chi connectivity index (χ0v) is 27.5. The van der Waals surface area contributed by atoms with Gasteiger partial charge in [-0.1, -0.05) is 25.0 Å². The highest BCUT2D eigenvalue weighted by Gasteiger charge is 2.53. The molecule has 0 spiro atoms. The first-order chi connectivity index (χ1) is 22.3. The van der Waals surface area contributed by atoms with Crippen LogP contribution in [0.5, 0.6) is 11.6 Å². The summed E-state index contributed by atoms with van der Waals surface area (Å²) in [6.07, 6.45) is -5.73. The van der Waals surface area contributed by atoms with Gasteiger partial charge < -0.3 is 33.2 Å². The number of benzene rings is 1. The van der Waals surface area contributed by atoms with Crippen LogP contribution >= 0.6 is 0 Å². The number of nitrogens with one attached hydrogen (secondary N) is 1. The van der Waals surface area contributed by atoms with Crippen LogP contribution in [0.4, 0.5) is 0 Å². The Kier molecular flexibility index (Phi) is 13.4. The van der Waals surface area contributed by atoms with Gasteiger partial charge in [0, 0.05) is 56.8 Å². The van der Waals surface area contributed by atoms with Crippen molar-refractivity contribution >= 4 is 23.9 Å². The van der Waals surface area contributed by atoms with Crippen LogP contribution in [0.25, 0.3) is 10.4 Å². The van der Waals surface area contributed by atoms with Crippen molar-refractivity contribution < 1.29 is 52.3 Å². The third kappa shape index (κ3) is 10.6. The molecule has 1 aliphatic heterocycles. The van der Waals surface area contributed by atoms with E-state index in [0.717, 1.165) is 37.6 Å². The summed E-state index contributed by atoms with van der Waals surface area (Å²) in [5.74, 6) is -2.06. The number of aromatic nitrogens is 2. The van der Waals surface area contributed by atoms with Crippen molar-refractivity contribution in [2.24, 2.45) is 5.11 Å². The minimum absolute atomic E-state index is 0.00392. The number of carbonyl (C=O) groups is 4. The summed E-state index contributed by atoms with van der Waals surface area (Å²) in [5, 5.41) is 10.9. The maximum atomic E-state index is 12.2. The third-order valence-corrected chi connectivity index (χ3v) is 7.03. The molecule has 0 amide bonds. The maximum Gasteiger partial charge on any atom is 0.303 e. The molecule has 1 aliphatic rings. The number of rotatable bonds is 15. The second kappa shape index (κ2) is 17.2. The highest BCUT2D eigenvalue weighted by Crippen LogP contribution is 2.34. The highest BCUT2D eigenvalue weighted by atomic mass is 16.7. The Morgan fingerprint density at radius 1 is 1.00 bits per heavy atom. The number of hydrogen-bond donors (Lipinski definition) is 1. The Morgan fingerprint density at radius 3 is 2.26 bits per heavy atom. The zero-order valence-electron chi connectivity index (χ0n) is 27.5. The van der Waals surface area contributed by atoms with Gasteiger partial charge in [-0.3, -0.25) is 24.3 Å². The molecule has 2 aromatic rings. The van der Waals surface area contributed by atoms with Gasteiger partial charge >= 0.3 is 23.9 Å². The van der Waals surface area contributed by atoms with Crippen LogP contribution in [-0.2, 0) is 49.3 Å². The fraction of sp³-hybridized carbons (Fsp3) is 0.581. The largest absolute Gasteiger partial charge is 0.494 e. The molecule has 5 atom stereocenters. The number of H-pyrrole nitrogens is 1. The molecule has 3 rings (SSSR count). The Morgan fingerprint density at radius 2 is 1.66 bits per heavy atom. The number of ether oxygens (including phenoxy) is 7. The lowest BCUT2D eigenvalue weighted by atomic mass is 9.96. The van der Waals surface area contributed by atoms with Gasteiger partial charge in [-0.05, 0) is 48.1 Å². The summed E-state index contributed by atoms with van der Waals surface area (Å²) in [7, 11) is 0. The zero-order chi connectivity index (χ0) is 34.7. The van der Waals surface area contributed by atoms with Gasteiger partial charge in [0.2, 0.25) is 18.3 Å². The summed E-state index contributed by atoms with van der Waals surface area (Å²) in [6.45, 7) is 10.9. The van der Waals surface area contributed by atoms with E-state index in [1.807, 2.05) is 39.0 Å². The molecule has 16 nitrogen and oxygen atoms in total. The van der Waals surface area contributed by atoms with Gasteiger partial charge in [0.1, 0.15) is 18.5 Å². The van der Waals surface area contributed by atoms with E-state index in [4.69, 9.17) is 38.7 Å². The van der Waals surface area contributed by atoms with Crippen LogP contribution in [-0.4, -0.2) is 84.5 Å². The molecule has 0 unspecified atom stereocenters. The van der Waals surface area contributed by atoms with Gasteiger partial charge in [0.25, 0.3) is 0 Å². The fourth-order valence-corrected chi connectivity index (χ4v) is 5.02. The van der Waals surface area contributed by atoms with E-state index in [1.54, 1.807) is 0 Å². The van der Waals surface area contributed by atoms with Crippen LogP contribution in [0, 0.1) is 6.92 Å². The normalized spacial score (nSPS) is 20.5. The fourth-order valence-electron chi connectivity index (χ4n) is 5.02. The Bertz CT molecular complexity index is 1470. The lowest BCUT2D eigenvalue weighted by Gasteiger charge is -2.43. The number of aromatic amines is 1. The van der Waals surface area contributed by atoms with Gasteiger partial charge in [-0.25, -0.2) is 0 Å². The SMILES string of the molecule is CC(=O)OC[C@H]1O[C@@H](Oc2n[nH]c(C(C)C)c2Cc2ccc(OCCCN=[N+]=[N-])cc2C)[C@H](OC(C)=O)[C@@H](OC(C)=O)[C@@H]1OC(C)=O. The van der Waals surface area contributed by atoms with Gasteiger partial charge in [-0.15, -0.1) is 5.10 Å². The monoisotopic (exact) mass is 659 g/mol. The first-order valence-corrected chi connectivity index (χ1v) is 15.1. The lowest BCUT2D eigenvalue weighted by Crippen LogP contribution is -2.63. The molecule has 1 aromatic heterocycles. The van der Waals surface area contributed by atoms with Crippen LogP contribution in [0.3, 0.4) is 0 Å². The second-order valence-corrected chi connectivity index (χ2v) is 11.2. The number of hydrogen-bond acceptors (Lipinski definition) is 13. The molecule has 0 aliphatic carbocycles. The van der Waals surface area contributed by atoms with Crippen LogP contribution < -0.4 is 9.47 Å². The number of azide groups is 1. The van der Waals surface area contributed by atoms with Crippen molar-refractivity contribution in [3.8, 4) is 11.6 Å². The lowest BCUT2D eigenvalue weighted by molar-refractivity contribution is -0.289. The highest BCUT2D eigenvalue weighted by molar-refractivity contribution is 5.68. The van der Waals surface area contributed by atoms with Crippen molar-refractivity contribution in [1.82, 2.24) is 10.2 Å². The van der Waals surface area contributed by atoms with Crippen molar-refractivity contribution in [3.05, 3.63) is 51.0 Å². The minimum atomic E-state index is -1.43. The summed E-state index contributed by atoms with van der Waals surface area (Å²) in [4.78, 5) is 50.9. The van der Waals surface area contributed by atoms with E-state index < -0.39 is 54.6 Å². The third-order valence-electron chi connectivity index (χ3n) is 7.03. The van der Waals surface area contributed by atoms with E-state index in [0.29, 0.717) is 37.3 Å². The summed E-state index contributed by atoms with van der Waals surface area (Å²) in [6, 6.07) is 5.66. The summed E-state index contributed by atoms with van der Waals surface area (Å²) >= 11 is 0. The molecular weight excluding hydrogens is 618 g/mol. The predicted molar refractivity (Wildman–Crippen MR) is 163 cm³/mol. The topological polar surface area (TPSA) is 210 Å². The van der Waals surface area contributed by atoms with Crippen molar-refractivity contribution in [2.45, 2.75) is 97.9 Å². The summed E-state index contributed by atoms with van der Waals surface area (Å²) < 4.78 is 39.8. The molecule has 47 heavy (non-hydrogen) atoms. The van der Waals surface area contributed by atoms with Crippen molar-refractivity contribution in [3.63, 3.8) is 0 Å². The Balaban J connectivity index is 1.97. The molecule has 1 fully saturated rings. The Hall–Kier alpha value is -4.82. The quantitative estimate of drug-likeness (QED) is 0.0719. The number of nitrogens with zero attached hydrogens (tertiary/aromatic N) is 4. The molecule has 2 heterocycles. The molecule has 1 N–H and O–H groups in total. The molecule has 1 saturated heterocycles. The number of esters is 4. The molecule has 0 radical (unpaired) electrons. The molecular formula is C31H41N5O11. The van der Waals surface area contributed by atoms with Crippen LogP contribution in [0.15, 0.2) is 23.3 Å². The van der Waals surface area contributed by atoms with Gasteiger partial charge in [0.15, 0.2) is 12.2 Å². The smallest absolute Gasteiger partial charge is 0.303 e. The van der Waals surface area contributed by atoms with Crippen LogP contribution in [0.1, 0.15) is 76.3 Å². The standard InChI is InChI=1S/C31H41N5O11/c1-16(2)26-24(14-22-9-10-23(13-17(22)3)41-12-8-11-33-36-32)30(35-34-26)47-31-29(45-21(7)40)28(44-20(6)39)27(43-19(5)38)25(46-31)15-42-18(4)37/h9-10,13,16,25,27-29,31H,8,11-12,14-15H2,1-7H3,(H,34,35)/t25-,27-,28+,29-,31+/m1/s1. The first kappa shape index (κ1) is 36.6. The molecule has 256 valence electrons. The molecule has 0 bridgehead atoms. The predicted octanol–water partition coefficient (Wildman–Crippen LogP) is 3.97. The van der Waals surface area contributed by atoms with Crippen molar-refractivity contribution in [2.75, 3.05) is 19.8 Å². The van der Waals surface area contributed by atoms with E-state index in [2.05, 4.69) is 20.2 Å². The molecule has 0 saturated carbocycles. The van der Waals surface area contributed by atoms with E-state index in [-0.39, 0.29) is 18.4 Å². The van der Waals surface area contributed by atoms with Gasteiger partial charge in [-0.2, -0.15) is 0 Å². The number of aryl methyl sites for hydroxylation is 1. The minimum Gasteiger partial charge on any atom is -0.494 e. The van der Waals surface area contributed by atoms with Crippen LogP contribution in [0.2, 0.25) is 0 Å².